The van der Waals surface area contributed by atoms with Gasteiger partial charge in [0.25, 0.3) is 0 Å². The highest BCUT2D eigenvalue weighted by molar-refractivity contribution is 6.47. The average molecular weight is 352 g/mol. The summed E-state index contributed by atoms with van der Waals surface area (Å²) < 4.78 is 5.69. The number of nitrogens with two attached hydrogens (primary N) is 1. The highest BCUT2D eigenvalue weighted by Gasteiger charge is 2.16. The normalized spacial score (nSPS) is 11.2. The Kier molecular flexibility index (Phi) is 5.47. The molecule has 23 heavy (non-hydrogen) atoms. The Morgan fingerprint density at radius 3 is 2.22 bits per heavy atom. The molecule has 0 radical (unpaired) electrons. The number of hydrazone groups is 1. The molecule has 2 aromatic rings. The summed E-state index contributed by atoms with van der Waals surface area (Å²) in [5, 5.41) is 4.49. The van der Waals surface area contributed by atoms with Crippen molar-refractivity contribution in [2.45, 2.75) is 6.92 Å². The minimum absolute atomic E-state index is 0.210. The number of ketones is 1. The van der Waals surface area contributed by atoms with Crippen LogP contribution < -0.4 is 15.9 Å². The summed E-state index contributed by atoms with van der Waals surface area (Å²) in [6.45, 7) is 1.41. The first kappa shape index (κ1) is 17.1. The van der Waals surface area contributed by atoms with Crippen molar-refractivity contribution in [1.82, 2.24) is 5.43 Å². The molecule has 0 spiro atoms. The van der Waals surface area contributed by atoms with Gasteiger partial charge in [0.2, 0.25) is 0 Å². The van der Waals surface area contributed by atoms with Gasteiger partial charge in [0, 0.05) is 25.2 Å². The fourth-order valence-electron chi connectivity index (χ4n) is 1.91. The molecule has 0 atom stereocenters. The van der Waals surface area contributed by atoms with E-state index in [4.69, 9.17) is 33.7 Å². The maximum atomic E-state index is 11.7. The van der Waals surface area contributed by atoms with E-state index in [9.17, 15) is 4.79 Å². The Morgan fingerprint density at radius 2 is 1.74 bits per heavy atom. The van der Waals surface area contributed by atoms with E-state index in [0.717, 1.165) is 0 Å². The van der Waals surface area contributed by atoms with Crippen LogP contribution in [0.15, 0.2) is 41.5 Å². The van der Waals surface area contributed by atoms with Gasteiger partial charge in [0.1, 0.15) is 11.5 Å². The van der Waals surface area contributed by atoms with E-state index < -0.39 is 0 Å². The number of hydrogen-bond donors (Lipinski definition) is 2. The molecule has 0 aliphatic heterocycles. The monoisotopic (exact) mass is 351 g/mol. The summed E-state index contributed by atoms with van der Waals surface area (Å²) in [4.78, 5) is 11.7. The number of nitrogens with one attached hydrogen (secondary N) is 1. The van der Waals surface area contributed by atoms with E-state index in [2.05, 4.69) is 10.5 Å². The number of hydrogen-bond acceptors (Lipinski definition) is 5. The highest BCUT2D eigenvalue weighted by Crippen LogP contribution is 2.37. The number of carbonyl (C=O) groups excluding carboxylic acids is 1. The number of carbonyl (C=O) groups is 1. The number of nitrogens with zero attached hydrogens (tertiary/aromatic N) is 1. The maximum Gasteiger partial charge on any atom is 0.180 e. The Morgan fingerprint density at radius 1 is 1.17 bits per heavy atom. The first-order valence-corrected chi connectivity index (χ1v) is 7.46. The lowest BCUT2D eigenvalue weighted by Crippen LogP contribution is -2.15. The molecule has 0 fully saturated rings. The van der Waals surface area contributed by atoms with Crippen molar-refractivity contribution in [3.05, 3.63) is 52.0 Å². The third kappa shape index (κ3) is 4.15. The maximum absolute atomic E-state index is 11.7. The van der Waals surface area contributed by atoms with Crippen LogP contribution in [-0.4, -0.2) is 18.5 Å². The molecule has 0 saturated carbocycles. The van der Waals surface area contributed by atoms with Gasteiger partial charge in [-0.2, -0.15) is 5.10 Å². The van der Waals surface area contributed by atoms with E-state index in [1.54, 1.807) is 43.4 Å². The smallest absolute Gasteiger partial charge is 0.180 e. The zero-order valence-corrected chi connectivity index (χ0v) is 14.1. The predicted octanol–water partition coefficient (Wildman–Crippen LogP) is 3.88. The molecule has 0 bridgehead atoms. The molecule has 7 heteroatoms. The lowest BCUT2D eigenvalue weighted by atomic mass is 10.1. The summed E-state index contributed by atoms with van der Waals surface area (Å²) in [5.41, 5.74) is 9.58. The van der Waals surface area contributed by atoms with Crippen molar-refractivity contribution >= 4 is 40.4 Å². The SMILES string of the molecule is CN/N=C(\C(C)=O)c1cc(Cl)c(Oc2ccc(N)cc2)c(Cl)c1. The molecule has 0 aromatic heterocycles. The Balaban J connectivity index is 2.39. The molecule has 0 saturated heterocycles. The van der Waals surface area contributed by atoms with Crippen LogP contribution in [0.1, 0.15) is 12.5 Å². The van der Waals surface area contributed by atoms with Crippen LogP contribution in [-0.2, 0) is 4.79 Å². The molecule has 0 amide bonds. The number of Topliss-reactive ketones (excluding diaryl/α,β-unsaturated/α-hetero) is 1. The predicted molar refractivity (Wildman–Crippen MR) is 93.7 cm³/mol. The van der Waals surface area contributed by atoms with E-state index in [1.165, 1.54) is 6.92 Å². The number of nitrogen functional groups attached to an aromatic ring is 1. The van der Waals surface area contributed by atoms with E-state index in [-0.39, 0.29) is 21.5 Å². The van der Waals surface area contributed by atoms with Gasteiger partial charge in [0.15, 0.2) is 11.5 Å². The molecule has 5 nitrogen and oxygen atoms in total. The van der Waals surface area contributed by atoms with Gasteiger partial charge in [-0.1, -0.05) is 23.2 Å². The zero-order chi connectivity index (χ0) is 17.0. The number of anilines is 1. The second kappa shape index (κ2) is 7.35. The minimum Gasteiger partial charge on any atom is -0.454 e. The van der Waals surface area contributed by atoms with Crippen LogP contribution >= 0.6 is 23.2 Å². The summed E-state index contributed by atoms with van der Waals surface area (Å²) >= 11 is 12.5. The molecule has 2 aromatic carbocycles. The van der Waals surface area contributed by atoms with E-state index in [0.29, 0.717) is 22.7 Å². The van der Waals surface area contributed by atoms with Crippen molar-refractivity contribution in [2.75, 3.05) is 12.8 Å². The van der Waals surface area contributed by atoms with Crippen molar-refractivity contribution in [1.29, 1.82) is 0 Å². The van der Waals surface area contributed by atoms with Crippen LogP contribution in [0.3, 0.4) is 0 Å². The standard InChI is InChI=1S/C16H15Cl2N3O2/c1-9(22)15(21-20-2)10-7-13(17)16(14(18)8-10)23-12-5-3-11(19)4-6-12/h3-8,20H,19H2,1-2H3/b21-15+. The van der Waals surface area contributed by atoms with Crippen molar-refractivity contribution < 1.29 is 9.53 Å². The summed E-state index contributed by atoms with van der Waals surface area (Å²) in [6.07, 6.45) is 0. The molecule has 3 N–H and O–H groups in total. The summed E-state index contributed by atoms with van der Waals surface area (Å²) in [6, 6.07) is 9.99. The van der Waals surface area contributed by atoms with Crippen LogP contribution in [0.5, 0.6) is 11.5 Å². The molecular formula is C16H15Cl2N3O2. The second-order valence-corrected chi connectivity index (χ2v) is 5.49. The van der Waals surface area contributed by atoms with Crippen molar-refractivity contribution in [2.24, 2.45) is 5.10 Å². The topological polar surface area (TPSA) is 76.7 Å². The Bertz CT molecular complexity index is 735. The first-order valence-electron chi connectivity index (χ1n) is 6.70. The van der Waals surface area contributed by atoms with Gasteiger partial charge >= 0.3 is 0 Å². The van der Waals surface area contributed by atoms with Gasteiger partial charge in [-0.05, 0) is 36.4 Å². The Labute approximate surface area is 144 Å². The molecule has 0 aliphatic rings. The molecule has 120 valence electrons. The van der Waals surface area contributed by atoms with Crippen molar-refractivity contribution in [3.63, 3.8) is 0 Å². The molecule has 2 rings (SSSR count). The van der Waals surface area contributed by atoms with Gasteiger partial charge in [-0.15, -0.1) is 0 Å². The third-order valence-corrected chi connectivity index (χ3v) is 3.49. The van der Waals surface area contributed by atoms with Gasteiger partial charge in [0.05, 0.1) is 10.0 Å². The molecule has 0 unspecified atom stereocenters. The van der Waals surface area contributed by atoms with Gasteiger partial charge in [-0.25, -0.2) is 0 Å². The minimum atomic E-state index is -0.210. The zero-order valence-electron chi connectivity index (χ0n) is 12.6. The molecule has 0 aliphatic carbocycles. The van der Waals surface area contributed by atoms with E-state index >= 15 is 0 Å². The molecular weight excluding hydrogens is 337 g/mol. The van der Waals surface area contributed by atoms with Crippen LogP contribution in [0, 0.1) is 0 Å². The first-order chi connectivity index (χ1) is 10.9. The lowest BCUT2D eigenvalue weighted by Gasteiger charge is -2.12. The number of ether oxygens (including phenoxy) is 1. The van der Waals surface area contributed by atoms with Crippen LogP contribution in [0.25, 0.3) is 0 Å². The number of rotatable bonds is 5. The van der Waals surface area contributed by atoms with E-state index in [1.807, 2.05) is 0 Å². The average Bonchev–Trinajstić information content (AvgIpc) is 2.50. The van der Waals surface area contributed by atoms with Crippen LogP contribution in [0.4, 0.5) is 5.69 Å². The number of halogens is 2. The fraction of sp³-hybridized carbons (Fsp3) is 0.125. The fourth-order valence-corrected chi connectivity index (χ4v) is 2.47. The van der Waals surface area contributed by atoms with Gasteiger partial charge in [-0.3, -0.25) is 4.79 Å². The van der Waals surface area contributed by atoms with Crippen molar-refractivity contribution in [3.8, 4) is 11.5 Å². The largest absolute Gasteiger partial charge is 0.454 e. The van der Waals surface area contributed by atoms with Gasteiger partial charge < -0.3 is 15.9 Å². The summed E-state index contributed by atoms with van der Waals surface area (Å²) in [5.74, 6) is 0.638. The number of benzene rings is 2. The summed E-state index contributed by atoms with van der Waals surface area (Å²) in [7, 11) is 1.60. The van der Waals surface area contributed by atoms with Crippen LogP contribution in [0.2, 0.25) is 10.0 Å². The molecule has 0 heterocycles. The quantitative estimate of drug-likeness (QED) is 0.486. The highest BCUT2D eigenvalue weighted by atomic mass is 35.5. The second-order valence-electron chi connectivity index (χ2n) is 4.68. The third-order valence-electron chi connectivity index (χ3n) is 2.93. The Hall–Kier alpha value is -2.24. The lowest BCUT2D eigenvalue weighted by molar-refractivity contribution is -0.111.